The highest BCUT2D eigenvalue weighted by atomic mass is 16.1. The van der Waals surface area contributed by atoms with Crippen molar-refractivity contribution in [2.45, 2.75) is 12.8 Å². The number of aromatic amines is 1. The van der Waals surface area contributed by atoms with Crippen molar-refractivity contribution in [3.05, 3.63) is 21.9 Å². The molecule has 0 unspecified atom stereocenters. The SMILES string of the molecule is NCCc1nc(=O)[nH]c2c1NCC2. The van der Waals surface area contributed by atoms with Crippen LogP contribution in [-0.2, 0) is 12.8 Å². The van der Waals surface area contributed by atoms with Crippen LogP contribution in [0.15, 0.2) is 4.79 Å². The predicted octanol–water partition coefficient (Wildman–Crippen LogP) is -0.761. The van der Waals surface area contributed by atoms with Crippen molar-refractivity contribution in [2.75, 3.05) is 18.4 Å². The molecule has 4 N–H and O–H groups in total. The van der Waals surface area contributed by atoms with Crippen LogP contribution in [0.1, 0.15) is 11.4 Å². The fraction of sp³-hybridized carbons (Fsp3) is 0.500. The summed E-state index contributed by atoms with van der Waals surface area (Å²) in [5.74, 6) is 0. The van der Waals surface area contributed by atoms with Gasteiger partial charge in [0.2, 0.25) is 0 Å². The Morgan fingerprint density at radius 3 is 3.15 bits per heavy atom. The Kier molecular flexibility index (Phi) is 2.02. The van der Waals surface area contributed by atoms with E-state index < -0.39 is 0 Å². The Hall–Kier alpha value is -1.36. The van der Waals surface area contributed by atoms with E-state index in [-0.39, 0.29) is 5.69 Å². The Balaban J connectivity index is 2.49. The zero-order chi connectivity index (χ0) is 9.26. The van der Waals surface area contributed by atoms with Crippen molar-refractivity contribution in [1.82, 2.24) is 9.97 Å². The van der Waals surface area contributed by atoms with E-state index in [1.54, 1.807) is 0 Å². The zero-order valence-corrected chi connectivity index (χ0v) is 7.26. The van der Waals surface area contributed by atoms with E-state index in [4.69, 9.17) is 5.73 Å². The van der Waals surface area contributed by atoms with E-state index in [0.29, 0.717) is 13.0 Å². The molecule has 2 rings (SSSR count). The molecule has 0 atom stereocenters. The maximum atomic E-state index is 11.1. The molecule has 5 nitrogen and oxygen atoms in total. The summed E-state index contributed by atoms with van der Waals surface area (Å²) < 4.78 is 0. The summed E-state index contributed by atoms with van der Waals surface area (Å²) in [7, 11) is 0. The molecule has 5 heteroatoms. The molecule has 0 saturated heterocycles. The van der Waals surface area contributed by atoms with Gasteiger partial charge in [-0.25, -0.2) is 4.79 Å². The van der Waals surface area contributed by atoms with Gasteiger partial charge in [0.1, 0.15) is 0 Å². The lowest BCUT2D eigenvalue weighted by molar-refractivity contribution is 0.883. The van der Waals surface area contributed by atoms with Gasteiger partial charge in [0.05, 0.1) is 11.4 Å². The third-order valence-electron chi connectivity index (χ3n) is 2.14. The maximum Gasteiger partial charge on any atom is 0.345 e. The van der Waals surface area contributed by atoms with Gasteiger partial charge in [0, 0.05) is 25.1 Å². The second-order valence-electron chi connectivity index (χ2n) is 3.06. The third kappa shape index (κ3) is 1.42. The average molecular weight is 180 g/mol. The predicted molar refractivity (Wildman–Crippen MR) is 49.8 cm³/mol. The molecule has 1 aliphatic heterocycles. The monoisotopic (exact) mass is 180 g/mol. The molecule has 0 spiro atoms. The number of nitrogens with two attached hydrogens (primary N) is 1. The molecular weight excluding hydrogens is 168 g/mol. The number of nitrogens with zero attached hydrogens (tertiary/aromatic N) is 1. The van der Waals surface area contributed by atoms with Crippen molar-refractivity contribution < 1.29 is 0 Å². The van der Waals surface area contributed by atoms with E-state index in [1.165, 1.54) is 0 Å². The summed E-state index contributed by atoms with van der Waals surface area (Å²) in [5.41, 5.74) is 7.88. The third-order valence-corrected chi connectivity index (χ3v) is 2.14. The van der Waals surface area contributed by atoms with Crippen LogP contribution in [0.3, 0.4) is 0 Å². The lowest BCUT2D eigenvalue weighted by atomic mass is 10.2. The van der Waals surface area contributed by atoms with Crippen molar-refractivity contribution in [3.8, 4) is 0 Å². The number of H-pyrrole nitrogens is 1. The average Bonchev–Trinajstić information content (AvgIpc) is 2.52. The molecule has 0 amide bonds. The van der Waals surface area contributed by atoms with Gasteiger partial charge in [-0.05, 0) is 6.54 Å². The minimum absolute atomic E-state index is 0.272. The number of anilines is 1. The standard InChI is InChI=1S/C8H12N4O/c9-3-1-5-7-6(2-4-10-7)12-8(13)11-5/h10H,1-4,9H2,(H,11,12,13). The van der Waals surface area contributed by atoms with E-state index in [0.717, 1.165) is 30.0 Å². The van der Waals surface area contributed by atoms with Crippen LogP contribution < -0.4 is 16.7 Å². The van der Waals surface area contributed by atoms with Crippen LogP contribution in [0, 0.1) is 0 Å². The van der Waals surface area contributed by atoms with Gasteiger partial charge >= 0.3 is 5.69 Å². The maximum absolute atomic E-state index is 11.1. The molecule has 1 aromatic rings. The molecule has 70 valence electrons. The summed E-state index contributed by atoms with van der Waals surface area (Å²) in [6, 6.07) is 0. The Morgan fingerprint density at radius 1 is 1.54 bits per heavy atom. The minimum Gasteiger partial charge on any atom is -0.382 e. The summed E-state index contributed by atoms with van der Waals surface area (Å²) in [5, 5.41) is 3.19. The summed E-state index contributed by atoms with van der Waals surface area (Å²) >= 11 is 0. The first-order valence-corrected chi connectivity index (χ1v) is 4.37. The topological polar surface area (TPSA) is 83.8 Å². The highest BCUT2D eigenvalue weighted by molar-refractivity contribution is 5.55. The molecule has 1 aromatic heterocycles. The molecule has 2 heterocycles. The van der Waals surface area contributed by atoms with Gasteiger partial charge in [-0.1, -0.05) is 0 Å². The number of hydrogen-bond acceptors (Lipinski definition) is 4. The van der Waals surface area contributed by atoms with Crippen LogP contribution in [0.5, 0.6) is 0 Å². The Bertz CT molecular complexity index is 371. The molecule has 0 radical (unpaired) electrons. The Morgan fingerprint density at radius 2 is 2.38 bits per heavy atom. The normalized spacial score (nSPS) is 13.9. The van der Waals surface area contributed by atoms with Gasteiger partial charge < -0.3 is 16.0 Å². The lowest BCUT2D eigenvalue weighted by Crippen LogP contribution is -2.17. The fourth-order valence-corrected chi connectivity index (χ4v) is 1.60. The molecule has 1 aliphatic rings. The molecule has 0 aliphatic carbocycles. The first-order valence-electron chi connectivity index (χ1n) is 4.37. The van der Waals surface area contributed by atoms with Crippen molar-refractivity contribution in [3.63, 3.8) is 0 Å². The van der Waals surface area contributed by atoms with E-state index in [1.807, 2.05) is 0 Å². The molecule has 0 aromatic carbocycles. The highest BCUT2D eigenvalue weighted by Crippen LogP contribution is 2.21. The van der Waals surface area contributed by atoms with Crippen LogP contribution in [0.25, 0.3) is 0 Å². The van der Waals surface area contributed by atoms with E-state index in [2.05, 4.69) is 15.3 Å². The van der Waals surface area contributed by atoms with Crippen molar-refractivity contribution in [2.24, 2.45) is 5.73 Å². The smallest absolute Gasteiger partial charge is 0.345 e. The highest BCUT2D eigenvalue weighted by Gasteiger charge is 2.15. The fourth-order valence-electron chi connectivity index (χ4n) is 1.60. The first kappa shape index (κ1) is 8.25. The summed E-state index contributed by atoms with van der Waals surface area (Å²) in [6.07, 6.45) is 1.52. The lowest BCUT2D eigenvalue weighted by Gasteiger charge is -2.04. The second kappa shape index (κ2) is 3.18. The van der Waals surface area contributed by atoms with Crippen LogP contribution >= 0.6 is 0 Å². The number of hydrogen-bond donors (Lipinski definition) is 3. The Labute approximate surface area is 75.4 Å². The number of rotatable bonds is 2. The molecular formula is C8H12N4O. The zero-order valence-electron chi connectivity index (χ0n) is 7.26. The second-order valence-corrected chi connectivity index (χ2v) is 3.06. The van der Waals surface area contributed by atoms with Crippen molar-refractivity contribution in [1.29, 1.82) is 0 Å². The number of fused-ring (bicyclic) bond motifs is 1. The van der Waals surface area contributed by atoms with Gasteiger partial charge in [0.25, 0.3) is 0 Å². The summed E-state index contributed by atoms with van der Waals surface area (Å²) in [4.78, 5) is 17.7. The quantitative estimate of drug-likeness (QED) is 0.558. The van der Waals surface area contributed by atoms with Crippen LogP contribution in [0.2, 0.25) is 0 Å². The molecule has 13 heavy (non-hydrogen) atoms. The van der Waals surface area contributed by atoms with Gasteiger partial charge in [-0.15, -0.1) is 0 Å². The van der Waals surface area contributed by atoms with Gasteiger partial charge in [-0.2, -0.15) is 4.98 Å². The van der Waals surface area contributed by atoms with Crippen LogP contribution in [-0.4, -0.2) is 23.1 Å². The van der Waals surface area contributed by atoms with E-state index in [9.17, 15) is 4.79 Å². The van der Waals surface area contributed by atoms with Gasteiger partial charge in [-0.3, -0.25) is 0 Å². The van der Waals surface area contributed by atoms with E-state index >= 15 is 0 Å². The minimum atomic E-state index is -0.272. The molecule has 0 bridgehead atoms. The van der Waals surface area contributed by atoms with Crippen molar-refractivity contribution >= 4 is 5.69 Å². The van der Waals surface area contributed by atoms with Crippen LogP contribution in [0.4, 0.5) is 5.69 Å². The number of nitrogens with one attached hydrogen (secondary N) is 2. The molecule has 0 saturated carbocycles. The number of aromatic nitrogens is 2. The first-order chi connectivity index (χ1) is 6.31. The summed E-state index contributed by atoms with van der Waals surface area (Å²) in [6.45, 7) is 1.39. The van der Waals surface area contributed by atoms with Gasteiger partial charge in [0.15, 0.2) is 0 Å². The largest absolute Gasteiger partial charge is 0.382 e. The molecule has 0 fully saturated rings.